The van der Waals surface area contributed by atoms with E-state index in [9.17, 15) is 4.79 Å². The average Bonchev–Trinajstić information content (AvgIpc) is 3.35. The quantitative estimate of drug-likeness (QED) is 0.244. The average molecular weight is 512 g/mol. The fourth-order valence-corrected chi connectivity index (χ4v) is 4.07. The Labute approximate surface area is 220 Å². The van der Waals surface area contributed by atoms with Gasteiger partial charge in [-0.2, -0.15) is 9.78 Å². The SMILES string of the molecule is COc1cccc(C=Nn2c(-c3cc4c(OC)cccc4o3)nc3ccccc3c2=O)c1OCC(C)(C)C. The summed E-state index contributed by atoms with van der Waals surface area (Å²) >= 11 is 0. The standard InChI is InChI=1S/C30H29N3O5/c1-30(2,3)18-37-27-19(10-8-15-25(27)36-5)17-31-33-28(32-22-12-7-6-11-20(22)29(33)34)26-16-21-23(35-4)13-9-14-24(21)38-26/h6-17H,18H2,1-5H3. The van der Waals surface area contributed by atoms with Gasteiger partial charge >= 0.3 is 0 Å². The lowest BCUT2D eigenvalue weighted by atomic mass is 9.98. The summed E-state index contributed by atoms with van der Waals surface area (Å²) in [5.41, 5.74) is 1.43. The van der Waals surface area contributed by atoms with E-state index in [1.165, 1.54) is 4.68 Å². The first kappa shape index (κ1) is 25.1. The topological polar surface area (TPSA) is 88.1 Å². The minimum absolute atomic E-state index is 0.0655. The van der Waals surface area contributed by atoms with Gasteiger partial charge in [-0.15, -0.1) is 0 Å². The van der Waals surface area contributed by atoms with Crippen LogP contribution in [0.2, 0.25) is 0 Å². The molecule has 3 aromatic carbocycles. The summed E-state index contributed by atoms with van der Waals surface area (Å²) in [5, 5.41) is 5.80. The molecule has 38 heavy (non-hydrogen) atoms. The fraction of sp³-hybridized carbons (Fsp3) is 0.233. The van der Waals surface area contributed by atoms with Gasteiger partial charge in [-0.05, 0) is 47.9 Å². The normalized spacial score (nSPS) is 11.9. The minimum Gasteiger partial charge on any atom is -0.496 e. The molecule has 0 spiro atoms. The Morgan fingerprint density at radius 2 is 1.68 bits per heavy atom. The Morgan fingerprint density at radius 3 is 2.45 bits per heavy atom. The van der Waals surface area contributed by atoms with Crippen LogP contribution in [0, 0.1) is 5.41 Å². The highest BCUT2D eigenvalue weighted by molar-refractivity contribution is 5.89. The summed E-state index contributed by atoms with van der Waals surface area (Å²) in [5.74, 6) is 2.44. The maximum absolute atomic E-state index is 13.6. The minimum atomic E-state index is -0.325. The third kappa shape index (κ3) is 4.85. The van der Waals surface area contributed by atoms with Crippen LogP contribution in [-0.4, -0.2) is 36.7 Å². The van der Waals surface area contributed by atoms with Crippen LogP contribution in [0.25, 0.3) is 33.5 Å². The van der Waals surface area contributed by atoms with Crippen LogP contribution in [0.15, 0.2) is 81.0 Å². The summed E-state index contributed by atoms with van der Waals surface area (Å²) in [4.78, 5) is 18.4. The predicted molar refractivity (Wildman–Crippen MR) is 149 cm³/mol. The van der Waals surface area contributed by atoms with Crippen LogP contribution in [0.5, 0.6) is 17.2 Å². The summed E-state index contributed by atoms with van der Waals surface area (Å²) in [6.45, 7) is 6.74. The molecule has 0 aliphatic heterocycles. The summed E-state index contributed by atoms with van der Waals surface area (Å²) < 4.78 is 24.5. The highest BCUT2D eigenvalue weighted by Crippen LogP contribution is 2.34. The van der Waals surface area contributed by atoms with E-state index in [1.54, 1.807) is 44.7 Å². The first-order valence-electron chi connectivity index (χ1n) is 12.2. The van der Waals surface area contributed by atoms with Crippen LogP contribution in [0.1, 0.15) is 26.3 Å². The number of ether oxygens (including phenoxy) is 3. The van der Waals surface area contributed by atoms with E-state index in [-0.39, 0.29) is 16.8 Å². The molecule has 0 N–H and O–H groups in total. The smallest absolute Gasteiger partial charge is 0.282 e. The first-order valence-corrected chi connectivity index (χ1v) is 12.2. The molecule has 0 atom stereocenters. The number of hydrogen-bond acceptors (Lipinski definition) is 7. The van der Waals surface area contributed by atoms with Crippen LogP contribution >= 0.6 is 0 Å². The number of aromatic nitrogens is 2. The van der Waals surface area contributed by atoms with Gasteiger partial charge in [0.1, 0.15) is 11.3 Å². The Bertz CT molecular complexity index is 1710. The highest BCUT2D eigenvalue weighted by atomic mass is 16.5. The molecule has 0 saturated carbocycles. The van der Waals surface area contributed by atoms with Gasteiger partial charge < -0.3 is 18.6 Å². The summed E-state index contributed by atoms with van der Waals surface area (Å²) in [7, 11) is 3.19. The third-order valence-electron chi connectivity index (χ3n) is 5.91. The Morgan fingerprint density at radius 1 is 0.947 bits per heavy atom. The maximum atomic E-state index is 13.6. The van der Waals surface area contributed by atoms with E-state index in [4.69, 9.17) is 23.6 Å². The highest BCUT2D eigenvalue weighted by Gasteiger charge is 2.19. The second kappa shape index (κ2) is 10.0. The Balaban J connectivity index is 1.68. The van der Waals surface area contributed by atoms with Crippen molar-refractivity contribution >= 4 is 28.1 Å². The number of nitrogens with zero attached hydrogens (tertiary/aromatic N) is 3. The molecular weight excluding hydrogens is 482 g/mol. The zero-order valence-electron chi connectivity index (χ0n) is 22.0. The Kier molecular flexibility index (Phi) is 6.63. The molecule has 0 fully saturated rings. The lowest BCUT2D eigenvalue weighted by molar-refractivity contribution is 0.191. The molecular formula is C30H29N3O5. The number of methoxy groups -OCH3 is 2. The largest absolute Gasteiger partial charge is 0.496 e. The molecule has 0 radical (unpaired) electrons. The molecule has 0 aliphatic carbocycles. The molecule has 8 heteroatoms. The van der Waals surface area contributed by atoms with Gasteiger partial charge in [0.15, 0.2) is 17.3 Å². The fourth-order valence-electron chi connectivity index (χ4n) is 4.07. The van der Waals surface area contributed by atoms with Crippen molar-refractivity contribution in [2.24, 2.45) is 10.5 Å². The van der Waals surface area contributed by atoms with Crippen LogP contribution < -0.4 is 19.8 Å². The van der Waals surface area contributed by atoms with Gasteiger partial charge in [-0.25, -0.2) is 4.98 Å². The van der Waals surface area contributed by atoms with Crippen molar-refractivity contribution in [3.63, 3.8) is 0 Å². The van der Waals surface area contributed by atoms with Gasteiger partial charge in [0.2, 0.25) is 5.82 Å². The molecule has 8 nitrogen and oxygen atoms in total. The molecule has 0 saturated heterocycles. The van der Waals surface area contributed by atoms with Crippen molar-refractivity contribution in [1.82, 2.24) is 9.66 Å². The van der Waals surface area contributed by atoms with E-state index in [0.29, 0.717) is 51.7 Å². The molecule has 0 unspecified atom stereocenters. The number of fused-ring (bicyclic) bond motifs is 2. The van der Waals surface area contributed by atoms with E-state index in [1.807, 2.05) is 42.5 Å². The zero-order chi connectivity index (χ0) is 26.9. The third-order valence-corrected chi connectivity index (χ3v) is 5.91. The number of para-hydroxylation sites is 2. The number of rotatable bonds is 7. The van der Waals surface area contributed by atoms with Crippen LogP contribution in [0.3, 0.4) is 0 Å². The van der Waals surface area contributed by atoms with Gasteiger partial charge in [-0.3, -0.25) is 4.79 Å². The van der Waals surface area contributed by atoms with Gasteiger partial charge in [0.05, 0.1) is 43.3 Å². The number of benzene rings is 3. The summed E-state index contributed by atoms with van der Waals surface area (Å²) in [6.07, 6.45) is 1.57. The molecule has 0 amide bonds. The molecule has 5 aromatic rings. The molecule has 194 valence electrons. The maximum Gasteiger partial charge on any atom is 0.282 e. The zero-order valence-corrected chi connectivity index (χ0v) is 22.0. The van der Waals surface area contributed by atoms with Gasteiger partial charge in [0, 0.05) is 5.56 Å². The van der Waals surface area contributed by atoms with Crippen molar-refractivity contribution in [3.05, 3.63) is 82.6 Å². The molecule has 0 aliphatic rings. The van der Waals surface area contributed by atoms with Crippen molar-refractivity contribution in [2.45, 2.75) is 20.8 Å². The van der Waals surface area contributed by atoms with E-state index < -0.39 is 0 Å². The molecule has 2 aromatic heterocycles. The van der Waals surface area contributed by atoms with E-state index in [0.717, 1.165) is 5.39 Å². The first-order chi connectivity index (χ1) is 18.3. The van der Waals surface area contributed by atoms with Crippen LogP contribution in [-0.2, 0) is 0 Å². The van der Waals surface area contributed by atoms with E-state index >= 15 is 0 Å². The molecule has 0 bridgehead atoms. The Hall–Kier alpha value is -4.59. The van der Waals surface area contributed by atoms with Crippen LogP contribution in [0.4, 0.5) is 0 Å². The second-order valence-corrected chi connectivity index (χ2v) is 10.0. The predicted octanol–water partition coefficient (Wildman–Crippen LogP) is 6.13. The lowest BCUT2D eigenvalue weighted by Gasteiger charge is -2.21. The van der Waals surface area contributed by atoms with Gasteiger partial charge in [0.25, 0.3) is 5.56 Å². The van der Waals surface area contributed by atoms with Crippen molar-refractivity contribution in [2.75, 3.05) is 20.8 Å². The lowest BCUT2D eigenvalue weighted by Crippen LogP contribution is -2.20. The molecule has 5 rings (SSSR count). The van der Waals surface area contributed by atoms with Crippen molar-refractivity contribution < 1.29 is 18.6 Å². The monoisotopic (exact) mass is 511 g/mol. The number of hydrogen-bond donors (Lipinski definition) is 0. The second-order valence-electron chi connectivity index (χ2n) is 10.0. The molecule has 2 heterocycles. The van der Waals surface area contributed by atoms with E-state index in [2.05, 4.69) is 25.9 Å². The number of furan rings is 1. The van der Waals surface area contributed by atoms with Crippen molar-refractivity contribution in [3.8, 4) is 28.8 Å². The summed E-state index contributed by atoms with van der Waals surface area (Å²) in [6, 6.07) is 20.0. The van der Waals surface area contributed by atoms with Gasteiger partial charge in [-0.1, -0.05) is 45.0 Å². The van der Waals surface area contributed by atoms with Crippen molar-refractivity contribution in [1.29, 1.82) is 0 Å².